The van der Waals surface area contributed by atoms with Crippen LogP contribution in [0.1, 0.15) is 46.0 Å². The minimum Gasteiger partial charge on any atom is -0.480 e. The third-order valence-corrected chi connectivity index (χ3v) is 5.45. The summed E-state index contributed by atoms with van der Waals surface area (Å²) >= 11 is 0. The Kier molecular flexibility index (Phi) is 11.9. The van der Waals surface area contributed by atoms with E-state index in [1.165, 1.54) is 0 Å². The van der Waals surface area contributed by atoms with Crippen molar-refractivity contribution in [2.75, 3.05) is 52.4 Å². The average Bonchev–Trinajstić information content (AvgIpc) is 2.67. The largest absolute Gasteiger partial charge is 0.480 e. The van der Waals surface area contributed by atoms with E-state index < -0.39 is 11.9 Å². The van der Waals surface area contributed by atoms with Crippen LogP contribution in [-0.4, -0.2) is 102 Å². The average molecular weight is 400 g/mol. The summed E-state index contributed by atoms with van der Waals surface area (Å²) in [5.41, 5.74) is 0. The Hall–Kier alpha value is -1.51. The molecule has 1 aliphatic heterocycles. The molecule has 1 atom stereocenters. The molecule has 0 aromatic carbocycles. The van der Waals surface area contributed by atoms with Crippen LogP contribution >= 0.6 is 0 Å². The summed E-state index contributed by atoms with van der Waals surface area (Å²) in [5.74, 6) is -1.25. The van der Waals surface area contributed by atoms with Crippen LogP contribution in [0.4, 0.5) is 0 Å². The molecule has 1 unspecified atom stereocenters. The Balaban J connectivity index is 3.06. The smallest absolute Gasteiger partial charge is 0.317 e. The maximum Gasteiger partial charge on any atom is 0.317 e. The van der Waals surface area contributed by atoms with Crippen molar-refractivity contribution in [2.45, 2.75) is 52.0 Å². The quantitative estimate of drug-likeness (QED) is 0.473. The van der Waals surface area contributed by atoms with Crippen LogP contribution in [0.25, 0.3) is 0 Å². The molecule has 1 aliphatic rings. The Bertz CT molecular complexity index is 482. The van der Waals surface area contributed by atoms with Crippen LogP contribution in [0.3, 0.4) is 0 Å². The van der Waals surface area contributed by atoms with Crippen molar-refractivity contribution in [2.24, 2.45) is 5.92 Å². The highest BCUT2D eigenvalue weighted by Crippen LogP contribution is 2.23. The Morgan fingerprint density at radius 1 is 0.964 bits per heavy atom. The summed E-state index contributed by atoms with van der Waals surface area (Å²) in [6, 6.07) is -0.00488. The summed E-state index contributed by atoms with van der Waals surface area (Å²) in [5, 5.41) is 18.7. The zero-order valence-corrected chi connectivity index (χ0v) is 17.4. The van der Waals surface area contributed by atoms with Gasteiger partial charge in [-0.15, -0.1) is 0 Å². The van der Waals surface area contributed by atoms with Crippen LogP contribution < -0.4 is 0 Å². The number of carboxylic acids is 2. The van der Waals surface area contributed by atoms with E-state index in [4.69, 9.17) is 0 Å². The van der Waals surface area contributed by atoms with E-state index in [-0.39, 0.29) is 25.7 Å². The molecule has 1 heterocycles. The second-order valence-corrected chi connectivity index (χ2v) is 7.79. The molecule has 1 saturated heterocycles. The van der Waals surface area contributed by atoms with Crippen molar-refractivity contribution in [3.8, 4) is 0 Å². The lowest BCUT2D eigenvalue weighted by Crippen LogP contribution is -2.48. The molecule has 0 aromatic heterocycles. The number of aliphatic carboxylic acids is 2. The van der Waals surface area contributed by atoms with Crippen LogP contribution in [-0.2, 0) is 14.4 Å². The zero-order chi connectivity index (χ0) is 20.9. The van der Waals surface area contributed by atoms with Crippen LogP contribution in [0.2, 0.25) is 0 Å². The number of nitrogens with zero attached hydrogens (tertiary/aromatic N) is 3. The number of hydrogen-bond donors (Lipinski definition) is 2. The molecule has 28 heavy (non-hydrogen) atoms. The van der Waals surface area contributed by atoms with Gasteiger partial charge < -0.3 is 15.0 Å². The molecule has 0 radical (unpaired) electrons. The van der Waals surface area contributed by atoms with E-state index in [0.717, 1.165) is 38.4 Å². The molecular weight excluding hydrogens is 362 g/mol. The summed E-state index contributed by atoms with van der Waals surface area (Å²) in [4.78, 5) is 39.6. The van der Waals surface area contributed by atoms with Gasteiger partial charge in [0, 0.05) is 38.8 Å². The molecule has 8 nitrogen and oxygen atoms in total. The van der Waals surface area contributed by atoms with Gasteiger partial charge in [-0.25, -0.2) is 0 Å². The zero-order valence-electron chi connectivity index (χ0n) is 17.4. The highest BCUT2D eigenvalue weighted by molar-refractivity contribution is 5.69. The number of carboxylic acid groups (broad SMARTS) is 2. The molecule has 0 saturated carbocycles. The highest BCUT2D eigenvalue weighted by Gasteiger charge is 2.28. The van der Waals surface area contributed by atoms with Gasteiger partial charge in [0.15, 0.2) is 0 Å². The van der Waals surface area contributed by atoms with Crippen molar-refractivity contribution < 1.29 is 24.6 Å². The van der Waals surface area contributed by atoms with Crippen molar-refractivity contribution in [1.82, 2.24) is 14.7 Å². The van der Waals surface area contributed by atoms with Crippen molar-refractivity contribution in [3.63, 3.8) is 0 Å². The number of hydrogen-bond acceptors (Lipinski definition) is 6. The molecule has 0 bridgehead atoms. The predicted octanol–water partition coefficient (Wildman–Crippen LogP) is 1.25. The summed E-state index contributed by atoms with van der Waals surface area (Å²) in [7, 11) is 0. The van der Waals surface area contributed by atoms with Crippen molar-refractivity contribution in [1.29, 1.82) is 0 Å². The molecule has 162 valence electrons. The topological polar surface area (TPSA) is 101 Å². The first kappa shape index (κ1) is 24.5. The lowest BCUT2D eigenvalue weighted by molar-refractivity contribution is -0.141. The summed E-state index contributed by atoms with van der Waals surface area (Å²) in [6.45, 7) is 7.34. The maximum absolute atomic E-state index is 11.5. The normalized spacial score (nSPS) is 20.5. The van der Waals surface area contributed by atoms with Gasteiger partial charge >= 0.3 is 11.9 Å². The second kappa shape index (κ2) is 13.6. The van der Waals surface area contributed by atoms with Gasteiger partial charge in [0.2, 0.25) is 0 Å². The Morgan fingerprint density at radius 2 is 1.54 bits per heavy atom. The fraction of sp³-hybridized carbons (Fsp3) is 0.850. The number of carbonyl (C=O) groups is 3. The molecule has 0 spiro atoms. The predicted molar refractivity (Wildman–Crippen MR) is 107 cm³/mol. The third-order valence-electron chi connectivity index (χ3n) is 5.45. The van der Waals surface area contributed by atoms with Crippen LogP contribution in [0.5, 0.6) is 0 Å². The maximum atomic E-state index is 11.5. The van der Waals surface area contributed by atoms with Crippen molar-refractivity contribution in [3.05, 3.63) is 0 Å². The first-order valence-corrected chi connectivity index (χ1v) is 10.4. The molecule has 2 N–H and O–H groups in total. The molecule has 0 aromatic rings. The van der Waals surface area contributed by atoms with Crippen LogP contribution in [0, 0.1) is 5.92 Å². The van der Waals surface area contributed by atoms with Gasteiger partial charge in [0.1, 0.15) is 6.29 Å². The van der Waals surface area contributed by atoms with E-state index in [1.54, 1.807) is 0 Å². The molecule has 0 aliphatic carbocycles. The monoisotopic (exact) mass is 399 g/mol. The summed E-state index contributed by atoms with van der Waals surface area (Å²) in [6.07, 6.45) is 6.09. The molecule has 1 rings (SSSR count). The van der Waals surface area contributed by atoms with E-state index in [0.29, 0.717) is 38.6 Å². The van der Waals surface area contributed by atoms with E-state index in [9.17, 15) is 24.6 Å². The van der Waals surface area contributed by atoms with E-state index in [1.807, 2.05) is 14.7 Å². The first-order valence-electron chi connectivity index (χ1n) is 10.4. The summed E-state index contributed by atoms with van der Waals surface area (Å²) < 4.78 is 0. The number of aldehydes is 1. The molecule has 0 amide bonds. The Labute approximate surface area is 168 Å². The Morgan fingerprint density at radius 3 is 2.07 bits per heavy atom. The van der Waals surface area contributed by atoms with Crippen molar-refractivity contribution >= 4 is 18.2 Å². The molecular formula is C20H37N3O5. The molecule has 8 heteroatoms. The number of rotatable bonds is 12. The van der Waals surface area contributed by atoms with Gasteiger partial charge in [0.05, 0.1) is 19.6 Å². The lowest BCUT2D eigenvalue weighted by Gasteiger charge is -2.35. The van der Waals surface area contributed by atoms with E-state index >= 15 is 0 Å². The first-order chi connectivity index (χ1) is 13.4. The lowest BCUT2D eigenvalue weighted by atomic mass is 9.90. The van der Waals surface area contributed by atoms with Gasteiger partial charge in [-0.3, -0.25) is 24.3 Å². The molecule has 1 fully saturated rings. The minimum atomic E-state index is -0.886. The van der Waals surface area contributed by atoms with Gasteiger partial charge in [0.25, 0.3) is 0 Å². The van der Waals surface area contributed by atoms with Gasteiger partial charge in [-0.1, -0.05) is 39.5 Å². The van der Waals surface area contributed by atoms with Crippen LogP contribution in [0.15, 0.2) is 0 Å². The van der Waals surface area contributed by atoms with Gasteiger partial charge in [-0.05, 0) is 12.3 Å². The second-order valence-electron chi connectivity index (χ2n) is 7.79. The third kappa shape index (κ3) is 9.61. The SMILES string of the molecule is CCCC(CCC)CC1CN(CC(=O)O)CCN(CC=O)CCN1CC(=O)O. The van der Waals surface area contributed by atoms with Gasteiger partial charge in [-0.2, -0.15) is 0 Å². The number of carbonyl (C=O) groups excluding carboxylic acids is 1. The fourth-order valence-electron chi connectivity index (χ4n) is 4.16. The highest BCUT2D eigenvalue weighted by atomic mass is 16.4. The standard InChI is InChI=1S/C20H37N3O5/c1-3-5-17(6-4-2)13-18-14-22(15-19(25)26)8-7-21(11-12-24)9-10-23(18)16-20(27)28/h12,17-18H,3-11,13-16H2,1-2H3,(H,25,26)(H,27,28). The fourth-order valence-corrected chi connectivity index (χ4v) is 4.16. The minimum absolute atomic E-state index is 0.00488. The van der Waals surface area contributed by atoms with E-state index in [2.05, 4.69) is 13.8 Å².